The molecule has 2 unspecified atom stereocenters. The standard InChI is InChI=1S/C27H36F2N4O3/c1-17(2)25-31-27(36-32-25)33-12-10-19(11-13-33)16-35-24-9-8-22(14-23(24)29)20-4-6-21(7-5-20)26(34)30-15-18(3)28/h4,8-9,14,17-19,21H,5-7,10-13,15-16H2,1-3H3,(H,30,34). The van der Waals surface area contributed by atoms with Crippen molar-refractivity contribution in [2.75, 3.05) is 31.1 Å². The summed E-state index contributed by atoms with van der Waals surface area (Å²) in [6.45, 7) is 7.58. The molecule has 0 spiro atoms. The van der Waals surface area contributed by atoms with Gasteiger partial charge in [-0.25, -0.2) is 8.78 Å². The summed E-state index contributed by atoms with van der Waals surface area (Å²) < 4.78 is 39.0. The molecule has 7 nitrogen and oxygen atoms in total. The van der Waals surface area contributed by atoms with Crippen LogP contribution in [0.25, 0.3) is 5.57 Å². The fourth-order valence-corrected chi connectivity index (χ4v) is 4.63. The Morgan fingerprint density at radius 1 is 1.25 bits per heavy atom. The Hall–Kier alpha value is -2.97. The van der Waals surface area contributed by atoms with Gasteiger partial charge in [-0.2, -0.15) is 4.98 Å². The molecule has 2 aromatic rings. The van der Waals surface area contributed by atoms with Crippen LogP contribution in [-0.2, 0) is 4.79 Å². The lowest BCUT2D eigenvalue weighted by atomic mass is 9.86. The molecule has 2 aliphatic rings. The minimum Gasteiger partial charge on any atom is -0.490 e. The van der Waals surface area contributed by atoms with Crippen LogP contribution in [0.5, 0.6) is 5.75 Å². The maximum absolute atomic E-state index is 14.8. The van der Waals surface area contributed by atoms with E-state index in [1.165, 1.54) is 13.0 Å². The fourth-order valence-electron chi connectivity index (χ4n) is 4.63. The van der Waals surface area contributed by atoms with Gasteiger partial charge in [0.15, 0.2) is 17.4 Å². The van der Waals surface area contributed by atoms with E-state index in [0.29, 0.717) is 43.6 Å². The van der Waals surface area contributed by atoms with Crippen molar-refractivity contribution in [1.29, 1.82) is 0 Å². The van der Waals surface area contributed by atoms with Crippen LogP contribution in [0, 0.1) is 17.7 Å². The van der Waals surface area contributed by atoms with E-state index in [0.717, 1.165) is 37.1 Å². The van der Waals surface area contributed by atoms with Gasteiger partial charge < -0.3 is 19.5 Å². The molecule has 1 saturated heterocycles. The lowest BCUT2D eigenvalue weighted by Crippen LogP contribution is -2.35. The van der Waals surface area contributed by atoms with Crippen molar-refractivity contribution in [1.82, 2.24) is 15.5 Å². The van der Waals surface area contributed by atoms with Crippen molar-refractivity contribution in [3.8, 4) is 5.75 Å². The molecule has 2 atom stereocenters. The lowest BCUT2D eigenvalue weighted by Gasteiger charge is -2.30. The zero-order valence-electron chi connectivity index (χ0n) is 21.3. The van der Waals surface area contributed by atoms with Crippen LogP contribution in [0.3, 0.4) is 0 Å². The molecule has 2 heterocycles. The third-order valence-electron chi connectivity index (χ3n) is 6.95. The van der Waals surface area contributed by atoms with Crippen molar-refractivity contribution in [3.05, 3.63) is 41.5 Å². The Morgan fingerprint density at radius 2 is 2.03 bits per heavy atom. The number of alkyl halides is 1. The average Bonchev–Trinajstić information content (AvgIpc) is 3.38. The smallest absolute Gasteiger partial charge is 0.324 e. The van der Waals surface area contributed by atoms with Gasteiger partial charge in [-0.3, -0.25) is 4.79 Å². The van der Waals surface area contributed by atoms with Gasteiger partial charge in [0.25, 0.3) is 0 Å². The fraction of sp³-hybridized carbons (Fsp3) is 0.593. The normalized spacial score (nSPS) is 19.8. The number of rotatable bonds is 9. The Kier molecular flexibility index (Phi) is 8.59. The van der Waals surface area contributed by atoms with Crippen LogP contribution in [0.4, 0.5) is 14.8 Å². The summed E-state index contributed by atoms with van der Waals surface area (Å²) in [5, 5.41) is 6.68. The number of anilines is 1. The van der Waals surface area contributed by atoms with Gasteiger partial charge in [0, 0.05) is 31.5 Å². The second-order valence-electron chi connectivity index (χ2n) is 10.2. The van der Waals surface area contributed by atoms with Crippen LogP contribution in [0.1, 0.15) is 70.2 Å². The average molecular weight is 503 g/mol. The number of benzene rings is 1. The summed E-state index contributed by atoms with van der Waals surface area (Å²) in [6.07, 6.45) is 4.66. The van der Waals surface area contributed by atoms with Crippen molar-refractivity contribution in [2.45, 2.75) is 65.0 Å². The maximum atomic E-state index is 14.8. The third kappa shape index (κ3) is 6.62. The van der Waals surface area contributed by atoms with Crippen LogP contribution in [-0.4, -0.2) is 48.5 Å². The molecular weight excluding hydrogens is 466 g/mol. The monoisotopic (exact) mass is 502 g/mol. The number of ether oxygens (including phenoxy) is 1. The van der Waals surface area contributed by atoms with Gasteiger partial charge in [-0.1, -0.05) is 31.1 Å². The summed E-state index contributed by atoms with van der Waals surface area (Å²) in [6, 6.07) is 5.64. The number of nitrogens with one attached hydrogen (secondary N) is 1. The van der Waals surface area contributed by atoms with E-state index in [1.807, 2.05) is 26.0 Å². The minimum atomic E-state index is -1.06. The first-order chi connectivity index (χ1) is 17.3. The first kappa shape index (κ1) is 26.1. The van der Waals surface area contributed by atoms with Gasteiger partial charge in [0.05, 0.1) is 6.61 Å². The Balaban J connectivity index is 1.25. The van der Waals surface area contributed by atoms with E-state index in [2.05, 4.69) is 20.4 Å². The van der Waals surface area contributed by atoms with Crippen LogP contribution in [0.15, 0.2) is 28.8 Å². The van der Waals surface area contributed by atoms with Crippen LogP contribution in [0.2, 0.25) is 0 Å². The molecule has 1 amide bonds. The molecule has 4 rings (SSSR count). The highest BCUT2D eigenvalue weighted by atomic mass is 19.1. The highest BCUT2D eigenvalue weighted by molar-refractivity contribution is 5.80. The second kappa shape index (κ2) is 11.8. The summed E-state index contributed by atoms with van der Waals surface area (Å²) in [5.74, 6) is 0.869. The highest BCUT2D eigenvalue weighted by Gasteiger charge is 2.25. The van der Waals surface area contributed by atoms with Gasteiger partial charge in [-0.05, 0) is 68.2 Å². The number of piperidine rings is 1. The van der Waals surface area contributed by atoms with Crippen molar-refractivity contribution >= 4 is 17.5 Å². The number of hydrogen-bond acceptors (Lipinski definition) is 6. The van der Waals surface area contributed by atoms with E-state index >= 15 is 0 Å². The van der Waals surface area contributed by atoms with Gasteiger partial charge in [-0.15, -0.1) is 0 Å². The molecule has 9 heteroatoms. The Morgan fingerprint density at radius 3 is 2.64 bits per heavy atom. The largest absolute Gasteiger partial charge is 0.490 e. The SMILES string of the molecule is CC(F)CNC(=O)C1CC=C(c2ccc(OCC3CCN(c4nc(C(C)C)no4)CC3)c(F)c2)CC1. The first-order valence-electron chi connectivity index (χ1n) is 12.9. The molecule has 1 aliphatic carbocycles. The number of amides is 1. The molecule has 36 heavy (non-hydrogen) atoms. The molecule has 1 aromatic heterocycles. The van der Waals surface area contributed by atoms with Gasteiger partial charge in [0.1, 0.15) is 6.17 Å². The molecule has 1 fully saturated rings. The molecule has 1 aromatic carbocycles. The predicted molar refractivity (Wildman–Crippen MR) is 134 cm³/mol. The van der Waals surface area contributed by atoms with E-state index < -0.39 is 6.17 Å². The number of nitrogens with zero attached hydrogens (tertiary/aromatic N) is 3. The molecule has 1 aliphatic heterocycles. The number of carbonyl (C=O) groups excluding carboxylic acids is 1. The number of aromatic nitrogens is 2. The van der Waals surface area contributed by atoms with Crippen molar-refractivity contribution in [2.24, 2.45) is 11.8 Å². The van der Waals surface area contributed by atoms with Crippen molar-refractivity contribution < 1.29 is 22.8 Å². The zero-order valence-corrected chi connectivity index (χ0v) is 21.3. The van der Waals surface area contributed by atoms with Crippen LogP contribution < -0.4 is 15.0 Å². The predicted octanol–water partition coefficient (Wildman–Crippen LogP) is 5.29. The Labute approximate surface area is 211 Å². The molecular formula is C27H36F2N4O3. The summed E-state index contributed by atoms with van der Waals surface area (Å²) in [7, 11) is 0. The highest BCUT2D eigenvalue weighted by Crippen LogP contribution is 2.33. The molecule has 196 valence electrons. The third-order valence-corrected chi connectivity index (χ3v) is 6.95. The van der Waals surface area contributed by atoms with Gasteiger partial charge >= 0.3 is 6.01 Å². The second-order valence-corrected chi connectivity index (χ2v) is 10.2. The minimum absolute atomic E-state index is 0.0372. The van der Waals surface area contributed by atoms with Crippen molar-refractivity contribution in [3.63, 3.8) is 0 Å². The number of carbonyl (C=O) groups is 1. The number of allylic oxidation sites excluding steroid dienone is 2. The summed E-state index contributed by atoms with van der Waals surface area (Å²) >= 11 is 0. The molecule has 0 radical (unpaired) electrons. The summed E-state index contributed by atoms with van der Waals surface area (Å²) in [5.41, 5.74) is 1.84. The molecule has 1 N–H and O–H groups in total. The summed E-state index contributed by atoms with van der Waals surface area (Å²) in [4.78, 5) is 18.7. The Bertz CT molecular complexity index is 1060. The quantitative estimate of drug-likeness (QED) is 0.502. The maximum Gasteiger partial charge on any atom is 0.324 e. The number of halogens is 2. The van der Waals surface area contributed by atoms with E-state index in [4.69, 9.17) is 9.26 Å². The van der Waals surface area contributed by atoms with Crippen LogP contribution >= 0.6 is 0 Å². The van der Waals surface area contributed by atoms with Gasteiger partial charge in [0.2, 0.25) is 5.91 Å². The molecule has 0 bridgehead atoms. The van der Waals surface area contributed by atoms with E-state index in [1.54, 1.807) is 6.07 Å². The number of hydrogen-bond donors (Lipinski definition) is 1. The zero-order chi connectivity index (χ0) is 25.7. The first-order valence-corrected chi connectivity index (χ1v) is 12.9. The lowest BCUT2D eigenvalue weighted by molar-refractivity contribution is -0.125. The van der Waals surface area contributed by atoms with E-state index in [-0.39, 0.29) is 35.9 Å². The molecule has 0 saturated carbocycles. The van der Waals surface area contributed by atoms with E-state index in [9.17, 15) is 13.6 Å². The topological polar surface area (TPSA) is 80.5 Å².